The summed E-state index contributed by atoms with van der Waals surface area (Å²) in [5, 5.41) is 17.9. The van der Waals surface area contributed by atoms with Gasteiger partial charge in [-0.15, -0.1) is 0 Å². The van der Waals surface area contributed by atoms with Crippen molar-refractivity contribution in [2.45, 2.75) is 65.5 Å². The van der Waals surface area contributed by atoms with E-state index in [1.54, 1.807) is 52.0 Å². The number of esters is 1. The van der Waals surface area contributed by atoms with Crippen LogP contribution >= 0.6 is 0 Å². The second kappa shape index (κ2) is 18.2. The topological polar surface area (TPSA) is 152 Å². The monoisotopic (exact) mass is 633 g/mol. The summed E-state index contributed by atoms with van der Waals surface area (Å²) in [6, 6.07) is 22.5. The first-order valence-corrected chi connectivity index (χ1v) is 15.2. The van der Waals surface area contributed by atoms with E-state index >= 15 is 0 Å². The fraction of sp³-hybridized carbons (Fsp3) is 0.371. The fourth-order valence-corrected chi connectivity index (χ4v) is 4.43. The van der Waals surface area contributed by atoms with Gasteiger partial charge in [0.2, 0.25) is 5.91 Å². The van der Waals surface area contributed by atoms with Crippen LogP contribution in [-0.2, 0) is 38.7 Å². The Morgan fingerprint density at radius 3 is 1.57 bits per heavy atom. The molecule has 3 aromatic rings. The minimum absolute atomic E-state index is 0.0687. The van der Waals surface area contributed by atoms with Gasteiger partial charge in [-0.05, 0) is 47.1 Å². The van der Waals surface area contributed by atoms with Gasteiger partial charge in [-0.1, -0.05) is 100 Å². The third kappa shape index (κ3) is 11.9. The Morgan fingerprint density at radius 2 is 1.11 bits per heavy atom. The summed E-state index contributed by atoms with van der Waals surface area (Å²) >= 11 is 0. The number of nitrogens with one attached hydrogen (secondary N) is 3. The van der Waals surface area contributed by atoms with Crippen molar-refractivity contribution in [2.24, 2.45) is 11.8 Å². The molecule has 3 atom stereocenters. The molecule has 4 N–H and O–H groups in total. The normalized spacial score (nSPS) is 12.8. The van der Waals surface area contributed by atoms with Gasteiger partial charge in [0.25, 0.3) is 0 Å². The average Bonchev–Trinajstić information content (AvgIpc) is 3.05. The number of benzene rings is 3. The van der Waals surface area contributed by atoms with Gasteiger partial charge in [-0.3, -0.25) is 4.79 Å². The molecule has 3 aromatic carbocycles. The molecule has 0 fully saturated rings. The molecule has 0 bridgehead atoms. The van der Waals surface area contributed by atoms with E-state index in [4.69, 9.17) is 14.2 Å². The minimum atomic E-state index is -0.935. The Morgan fingerprint density at radius 1 is 0.630 bits per heavy atom. The van der Waals surface area contributed by atoms with Gasteiger partial charge in [-0.2, -0.15) is 0 Å². The number of alkyl carbamates (subject to hydrolysis) is 2. The first-order chi connectivity index (χ1) is 22.0. The van der Waals surface area contributed by atoms with Gasteiger partial charge in [0.1, 0.15) is 31.0 Å². The van der Waals surface area contributed by atoms with Gasteiger partial charge >= 0.3 is 18.2 Å². The molecule has 0 aliphatic carbocycles. The predicted octanol–water partition coefficient (Wildman–Crippen LogP) is 4.51. The van der Waals surface area contributed by atoms with E-state index in [9.17, 15) is 24.3 Å². The highest BCUT2D eigenvalue weighted by Crippen LogP contribution is 2.16. The summed E-state index contributed by atoms with van der Waals surface area (Å²) in [7, 11) is 0. The minimum Gasteiger partial charge on any atom is -0.445 e. The molecular weight excluding hydrogens is 590 g/mol. The Kier molecular flexibility index (Phi) is 14.0. The van der Waals surface area contributed by atoms with Crippen molar-refractivity contribution >= 4 is 24.1 Å². The molecule has 2 unspecified atom stereocenters. The lowest BCUT2D eigenvalue weighted by molar-refractivity contribution is -0.137. The van der Waals surface area contributed by atoms with Crippen molar-refractivity contribution in [1.82, 2.24) is 16.0 Å². The molecule has 46 heavy (non-hydrogen) atoms. The fourth-order valence-electron chi connectivity index (χ4n) is 4.43. The van der Waals surface area contributed by atoms with Crippen LogP contribution in [0.15, 0.2) is 84.9 Å². The zero-order valence-corrected chi connectivity index (χ0v) is 26.6. The van der Waals surface area contributed by atoms with Gasteiger partial charge in [0.15, 0.2) is 0 Å². The summed E-state index contributed by atoms with van der Waals surface area (Å²) in [6.07, 6.45) is -1.17. The number of hydrogen-bond donors (Lipinski definition) is 4. The summed E-state index contributed by atoms with van der Waals surface area (Å²) in [5.74, 6) is -1.34. The number of amides is 3. The summed E-state index contributed by atoms with van der Waals surface area (Å²) in [4.78, 5) is 50.7. The number of ether oxygens (including phenoxy) is 3. The lowest BCUT2D eigenvalue weighted by atomic mass is 10.0. The van der Waals surface area contributed by atoms with Gasteiger partial charge < -0.3 is 35.3 Å². The number of rotatable bonds is 15. The third-order valence-corrected chi connectivity index (χ3v) is 7.03. The highest BCUT2D eigenvalue weighted by molar-refractivity contribution is 5.86. The van der Waals surface area contributed by atoms with Crippen molar-refractivity contribution in [3.05, 3.63) is 102 Å². The maximum Gasteiger partial charge on any atom is 0.408 e. The quantitative estimate of drug-likeness (QED) is 0.141. The van der Waals surface area contributed by atoms with Gasteiger partial charge in [0.05, 0.1) is 12.6 Å². The largest absolute Gasteiger partial charge is 0.445 e. The number of carbonyl (C=O) groups is 4. The molecule has 11 nitrogen and oxygen atoms in total. The highest BCUT2D eigenvalue weighted by atomic mass is 16.6. The van der Waals surface area contributed by atoms with E-state index in [0.29, 0.717) is 0 Å². The summed E-state index contributed by atoms with van der Waals surface area (Å²) in [6.45, 7) is 6.95. The number of aliphatic hydroxyl groups is 1. The predicted molar refractivity (Wildman–Crippen MR) is 172 cm³/mol. The van der Waals surface area contributed by atoms with Crippen LogP contribution in [0.5, 0.6) is 5.75 Å². The molecule has 0 saturated carbocycles. The molecule has 3 amide bonds. The molecule has 0 spiro atoms. The van der Waals surface area contributed by atoms with Crippen LogP contribution in [0, 0.1) is 11.8 Å². The van der Waals surface area contributed by atoms with E-state index in [-0.39, 0.29) is 43.8 Å². The molecule has 0 radical (unpaired) electrons. The molecule has 0 saturated heterocycles. The van der Waals surface area contributed by atoms with Crippen LogP contribution in [-0.4, -0.2) is 53.9 Å². The maximum atomic E-state index is 13.0. The van der Waals surface area contributed by atoms with Crippen molar-refractivity contribution in [1.29, 1.82) is 0 Å². The van der Waals surface area contributed by atoms with Crippen LogP contribution in [0.3, 0.4) is 0 Å². The second-order valence-corrected chi connectivity index (χ2v) is 11.5. The third-order valence-electron chi connectivity index (χ3n) is 7.03. The van der Waals surface area contributed by atoms with E-state index < -0.39 is 42.2 Å². The van der Waals surface area contributed by atoms with Crippen LogP contribution in [0.25, 0.3) is 0 Å². The van der Waals surface area contributed by atoms with Crippen molar-refractivity contribution in [3.63, 3.8) is 0 Å². The SMILES string of the molecule is CC(C)C(NC(=O)OCc1ccccc1)C(=O)Oc1ccc(CC(CO)NC(=O)[C@@H](NC(=O)OCc2ccccc2)C(C)C)cc1. The first kappa shape index (κ1) is 35.6. The second-order valence-electron chi connectivity index (χ2n) is 11.5. The lowest BCUT2D eigenvalue weighted by Gasteiger charge is -2.24. The number of hydrogen-bond acceptors (Lipinski definition) is 8. The Bertz CT molecular complexity index is 1400. The Hall–Kier alpha value is -4.90. The van der Waals surface area contributed by atoms with Crippen molar-refractivity contribution < 1.29 is 38.5 Å². The van der Waals surface area contributed by atoms with Crippen molar-refractivity contribution in [2.75, 3.05) is 6.61 Å². The molecule has 246 valence electrons. The van der Waals surface area contributed by atoms with Crippen LogP contribution < -0.4 is 20.7 Å². The van der Waals surface area contributed by atoms with Gasteiger partial charge in [0, 0.05) is 0 Å². The van der Waals surface area contributed by atoms with E-state index in [2.05, 4.69) is 16.0 Å². The van der Waals surface area contributed by atoms with Crippen LogP contribution in [0.2, 0.25) is 0 Å². The summed E-state index contributed by atoms with van der Waals surface area (Å²) in [5.41, 5.74) is 2.40. The standard InChI is InChI=1S/C35H43N3O8/c1-23(2)30(37-34(42)44-21-26-11-7-5-8-12-26)32(40)36-28(20-39)19-25-15-17-29(18-16-25)46-33(41)31(24(3)4)38-35(43)45-22-27-13-9-6-10-14-27/h5-18,23-24,28,30-31,39H,19-22H2,1-4H3,(H,36,40)(H,37,42)(H,38,43)/t28?,30-,31?/m0/s1. The first-order valence-electron chi connectivity index (χ1n) is 15.2. The van der Waals surface area contributed by atoms with Crippen LogP contribution in [0.4, 0.5) is 9.59 Å². The zero-order chi connectivity index (χ0) is 33.5. The Labute approximate surface area is 269 Å². The van der Waals surface area contributed by atoms with Crippen molar-refractivity contribution in [3.8, 4) is 5.75 Å². The maximum absolute atomic E-state index is 13.0. The number of carbonyl (C=O) groups excluding carboxylic acids is 4. The summed E-state index contributed by atoms with van der Waals surface area (Å²) < 4.78 is 16.0. The number of aliphatic hydroxyl groups excluding tert-OH is 1. The molecule has 0 aliphatic rings. The highest BCUT2D eigenvalue weighted by Gasteiger charge is 2.28. The average molecular weight is 634 g/mol. The molecule has 3 rings (SSSR count). The van der Waals surface area contributed by atoms with Crippen LogP contribution in [0.1, 0.15) is 44.4 Å². The lowest BCUT2D eigenvalue weighted by Crippen LogP contribution is -2.53. The zero-order valence-electron chi connectivity index (χ0n) is 26.6. The smallest absolute Gasteiger partial charge is 0.408 e. The molecule has 0 aliphatic heterocycles. The molecule has 0 heterocycles. The van der Waals surface area contributed by atoms with E-state index in [0.717, 1.165) is 16.7 Å². The molecule has 0 aromatic heterocycles. The Balaban J connectivity index is 1.50. The van der Waals surface area contributed by atoms with E-state index in [1.165, 1.54) is 0 Å². The van der Waals surface area contributed by atoms with Gasteiger partial charge in [-0.25, -0.2) is 14.4 Å². The van der Waals surface area contributed by atoms with E-state index in [1.807, 2.05) is 60.7 Å². The molecular formula is C35H43N3O8. The molecule has 11 heteroatoms.